The predicted molar refractivity (Wildman–Crippen MR) is 73.9 cm³/mol. The van der Waals surface area contributed by atoms with Crippen molar-refractivity contribution in [2.24, 2.45) is 5.10 Å². The highest BCUT2D eigenvalue weighted by molar-refractivity contribution is 5.81. The third-order valence-electron chi connectivity index (χ3n) is 2.84. The van der Waals surface area contributed by atoms with Gasteiger partial charge in [0.2, 0.25) is 0 Å². The minimum atomic E-state index is 0.876. The fourth-order valence-corrected chi connectivity index (χ4v) is 1.83. The third kappa shape index (κ3) is 2.02. The highest BCUT2D eigenvalue weighted by Gasteiger charge is 1.98. The SMILES string of the molecule is Cc1ccc(/C=N/n2ccc3cccnc32)cc1. The van der Waals surface area contributed by atoms with Crippen molar-refractivity contribution in [3.05, 3.63) is 66.0 Å². The molecule has 3 rings (SSSR count). The Morgan fingerprint density at radius 3 is 2.78 bits per heavy atom. The molecule has 0 bridgehead atoms. The van der Waals surface area contributed by atoms with Crippen LogP contribution in [0.1, 0.15) is 11.1 Å². The molecule has 0 atom stereocenters. The van der Waals surface area contributed by atoms with Gasteiger partial charge in [0.25, 0.3) is 0 Å². The second kappa shape index (κ2) is 4.45. The Kier molecular flexibility index (Phi) is 2.65. The van der Waals surface area contributed by atoms with Gasteiger partial charge in [-0.05, 0) is 30.7 Å². The Balaban J connectivity index is 1.94. The van der Waals surface area contributed by atoms with Crippen molar-refractivity contribution < 1.29 is 0 Å². The van der Waals surface area contributed by atoms with Crippen LogP contribution in [0.3, 0.4) is 0 Å². The molecule has 0 fully saturated rings. The van der Waals surface area contributed by atoms with Gasteiger partial charge in [-0.25, -0.2) is 9.66 Å². The topological polar surface area (TPSA) is 30.2 Å². The van der Waals surface area contributed by atoms with Gasteiger partial charge in [0.1, 0.15) is 0 Å². The first-order valence-electron chi connectivity index (χ1n) is 5.86. The molecule has 0 spiro atoms. The predicted octanol–water partition coefficient (Wildman–Crippen LogP) is 3.23. The van der Waals surface area contributed by atoms with Crippen molar-refractivity contribution in [3.8, 4) is 0 Å². The van der Waals surface area contributed by atoms with Gasteiger partial charge >= 0.3 is 0 Å². The van der Waals surface area contributed by atoms with Gasteiger partial charge in [-0.15, -0.1) is 0 Å². The lowest BCUT2D eigenvalue weighted by molar-refractivity contribution is 0.915. The third-order valence-corrected chi connectivity index (χ3v) is 2.84. The molecule has 0 radical (unpaired) electrons. The summed E-state index contributed by atoms with van der Waals surface area (Å²) in [5, 5.41) is 5.52. The van der Waals surface area contributed by atoms with Crippen molar-refractivity contribution in [1.29, 1.82) is 0 Å². The van der Waals surface area contributed by atoms with E-state index in [1.54, 1.807) is 10.9 Å². The van der Waals surface area contributed by atoms with Gasteiger partial charge in [-0.3, -0.25) is 0 Å². The second-order valence-electron chi connectivity index (χ2n) is 4.23. The lowest BCUT2D eigenvalue weighted by Crippen LogP contribution is -1.90. The number of fused-ring (bicyclic) bond motifs is 1. The highest BCUT2D eigenvalue weighted by atomic mass is 15.4. The summed E-state index contributed by atoms with van der Waals surface area (Å²) >= 11 is 0. The summed E-state index contributed by atoms with van der Waals surface area (Å²) in [5.41, 5.74) is 3.21. The van der Waals surface area contributed by atoms with E-state index < -0.39 is 0 Å². The number of pyridine rings is 1. The van der Waals surface area contributed by atoms with E-state index in [0.29, 0.717) is 0 Å². The maximum absolute atomic E-state index is 4.42. The minimum Gasteiger partial charge on any atom is -0.237 e. The summed E-state index contributed by atoms with van der Waals surface area (Å²) < 4.78 is 1.79. The van der Waals surface area contributed by atoms with Crippen molar-refractivity contribution in [2.75, 3.05) is 0 Å². The Hall–Kier alpha value is -2.42. The van der Waals surface area contributed by atoms with Gasteiger partial charge in [0, 0.05) is 17.8 Å². The molecule has 88 valence electrons. The number of aryl methyl sites for hydroxylation is 1. The van der Waals surface area contributed by atoms with Crippen molar-refractivity contribution in [1.82, 2.24) is 9.66 Å². The smallest absolute Gasteiger partial charge is 0.160 e. The van der Waals surface area contributed by atoms with Crippen molar-refractivity contribution >= 4 is 17.2 Å². The van der Waals surface area contributed by atoms with E-state index in [1.807, 2.05) is 30.6 Å². The number of nitrogens with zero attached hydrogens (tertiary/aromatic N) is 3. The normalized spacial score (nSPS) is 11.4. The quantitative estimate of drug-likeness (QED) is 0.627. The zero-order valence-corrected chi connectivity index (χ0v) is 10.1. The van der Waals surface area contributed by atoms with Crippen LogP contribution in [0.4, 0.5) is 0 Å². The molecule has 0 aliphatic rings. The number of rotatable bonds is 2. The number of benzene rings is 1. The van der Waals surface area contributed by atoms with Crippen molar-refractivity contribution in [3.63, 3.8) is 0 Å². The summed E-state index contributed by atoms with van der Waals surface area (Å²) in [6.45, 7) is 2.07. The maximum Gasteiger partial charge on any atom is 0.160 e. The zero-order valence-electron chi connectivity index (χ0n) is 10.1. The lowest BCUT2D eigenvalue weighted by atomic mass is 10.2. The van der Waals surface area contributed by atoms with Crippen molar-refractivity contribution in [2.45, 2.75) is 6.92 Å². The van der Waals surface area contributed by atoms with Gasteiger partial charge in [-0.2, -0.15) is 5.10 Å². The van der Waals surface area contributed by atoms with Crippen LogP contribution in [0.2, 0.25) is 0 Å². The van der Waals surface area contributed by atoms with Gasteiger partial charge < -0.3 is 0 Å². The van der Waals surface area contributed by atoms with Crippen LogP contribution in [0.5, 0.6) is 0 Å². The average Bonchev–Trinajstić information content (AvgIpc) is 2.82. The van der Waals surface area contributed by atoms with Gasteiger partial charge in [-0.1, -0.05) is 29.8 Å². The molecule has 0 aliphatic heterocycles. The zero-order chi connectivity index (χ0) is 12.4. The molecule has 0 saturated carbocycles. The average molecular weight is 235 g/mol. The maximum atomic E-state index is 4.42. The molecular formula is C15H13N3. The largest absolute Gasteiger partial charge is 0.237 e. The fraction of sp³-hybridized carbons (Fsp3) is 0.0667. The van der Waals surface area contributed by atoms with Gasteiger partial charge in [0.05, 0.1) is 6.21 Å². The Labute approximate surface area is 105 Å². The first-order valence-corrected chi connectivity index (χ1v) is 5.86. The Morgan fingerprint density at radius 1 is 1.11 bits per heavy atom. The van der Waals surface area contributed by atoms with E-state index in [0.717, 1.165) is 16.6 Å². The molecule has 1 aromatic carbocycles. The molecule has 0 unspecified atom stereocenters. The van der Waals surface area contributed by atoms with Crippen LogP contribution in [0.25, 0.3) is 11.0 Å². The van der Waals surface area contributed by atoms with E-state index in [1.165, 1.54) is 5.56 Å². The summed E-state index contributed by atoms with van der Waals surface area (Å²) in [7, 11) is 0. The first-order chi connectivity index (χ1) is 8.83. The van der Waals surface area contributed by atoms with Crippen LogP contribution in [0, 0.1) is 6.92 Å². The van der Waals surface area contributed by atoms with Crippen LogP contribution in [-0.4, -0.2) is 15.9 Å². The molecule has 3 aromatic rings. The molecule has 3 nitrogen and oxygen atoms in total. The molecule has 0 aliphatic carbocycles. The lowest BCUT2D eigenvalue weighted by Gasteiger charge is -1.97. The van der Waals surface area contributed by atoms with E-state index in [2.05, 4.69) is 41.3 Å². The monoisotopic (exact) mass is 235 g/mol. The molecule has 0 amide bonds. The molecule has 2 heterocycles. The van der Waals surface area contributed by atoms with Crippen LogP contribution in [-0.2, 0) is 0 Å². The molecule has 18 heavy (non-hydrogen) atoms. The highest BCUT2D eigenvalue weighted by Crippen LogP contribution is 2.11. The number of aromatic nitrogens is 2. The number of hydrogen-bond donors (Lipinski definition) is 0. The van der Waals surface area contributed by atoms with E-state index in [-0.39, 0.29) is 0 Å². The molecule has 0 saturated heterocycles. The molecule has 0 N–H and O–H groups in total. The van der Waals surface area contributed by atoms with E-state index >= 15 is 0 Å². The Morgan fingerprint density at radius 2 is 1.94 bits per heavy atom. The molecule has 3 heteroatoms. The summed E-state index contributed by atoms with van der Waals surface area (Å²) in [6, 6.07) is 14.2. The minimum absolute atomic E-state index is 0.876. The van der Waals surface area contributed by atoms with E-state index in [4.69, 9.17) is 0 Å². The second-order valence-corrected chi connectivity index (χ2v) is 4.23. The summed E-state index contributed by atoms with van der Waals surface area (Å²) in [4.78, 5) is 4.32. The standard InChI is InChI=1S/C15H13N3/c1-12-4-6-13(7-5-12)11-17-18-10-8-14-3-2-9-16-15(14)18/h2-11H,1H3/b17-11+. The van der Waals surface area contributed by atoms with Crippen LogP contribution < -0.4 is 0 Å². The fourth-order valence-electron chi connectivity index (χ4n) is 1.83. The number of hydrogen-bond acceptors (Lipinski definition) is 2. The molecular weight excluding hydrogens is 222 g/mol. The molecule has 2 aromatic heterocycles. The van der Waals surface area contributed by atoms with E-state index in [9.17, 15) is 0 Å². The summed E-state index contributed by atoms with van der Waals surface area (Å²) in [5.74, 6) is 0. The van der Waals surface area contributed by atoms with Crippen LogP contribution in [0.15, 0.2) is 60.0 Å². The van der Waals surface area contributed by atoms with Crippen LogP contribution >= 0.6 is 0 Å². The summed E-state index contributed by atoms with van der Waals surface area (Å²) in [6.07, 6.45) is 5.54. The first kappa shape index (κ1) is 10.7. The Bertz CT molecular complexity index is 693. The van der Waals surface area contributed by atoms with Gasteiger partial charge in [0.15, 0.2) is 5.65 Å².